The van der Waals surface area contributed by atoms with E-state index < -0.39 is 0 Å². The summed E-state index contributed by atoms with van der Waals surface area (Å²) >= 11 is 1.92. The molecule has 1 aliphatic rings. The van der Waals surface area contributed by atoms with Gasteiger partial charge in [-0.1, -0.05) is 19.8 Å². The Morgan fingerprint density at radius 1 is 1.44 bits per heavy atom. The minimum Gasteiger partial charge on any atom is -0.272 e. The number of hydrogen-bond donors (Lipinski definition) is 0. The van der Waals surface area contributed by atoms with Crippen molar-refractivity contribution in [2.45, 2.75) is 38.5 Å². The number of hydrogen-bond acceptors (Lipinski definition) is 2. The number of thiophene rings is 1. The zero-order valence-electron chi connectivity index (χ0n) is 11.1. The normalized spacial score (nSPS) is 17.0. The zero-order valence-corrected chi connectivity index (χ0v) is 11.9. The predicted molar refractivity (Wildman–Crippen MR) is 76.1 cm³/mol. The largest absolute Gasteiger partial charge is 0.272 e. The van der Waals surface area contributed by atoms with E-state index in [-0.39, 0.29) is 0 Å². The van der Waals surface area contributed by atoms with Crippen LogP contribution in [0.15, 0.2) is 23.7 Å². The predicted octanol–water partition coefficient (Wildman–Crippen LogP) is 3.98. The fraction of sp³-hybridized carbons (Fsp3) is 0.533. The molecule has 2 aromatic heterocycles. The Kier molecular flexibility index (Phi) is 3.25. The van der Waals surface area contributed by atoms with Crippen LogP contribution >= 0.6 is 11.3 Å². The Morgan fingerprint density at radius 3 is 2.94 bits per heavy atom. The molecule has 0 amide bonds. The van der Waals surface area contributed by atoms with Crippen molar-refractivity contribution < 1.29 is 0 Å². The van der Waals surface area contributed by atoms with Crippen LogP contribution in [-0.2, 0) is 13.5 Å². The van der Waals surface area contributed by atoms with E-state index >= 15 is 0 Å². The molecule has 0 N–H and O–H groups in total. The molecule has 0 saturated heterocycles. The average molecular weight is 260 g/mol. The van der Waals surface area contributed by atoms with Crippen molar-refractivity contribution in [1.82, 2.24) is 9.78 Å². The second kappa shape index (κ2) is 4.88. The van der Waals surface area contributed by atoms with Gasteiger partial charge in [0.1, 0.15) is 0 Å². The summed E-state index contributed by atoms with van der Waals surface area (Å²) < 4.78 is 1.99. The molecule has 2 heterocycles. The average Bonchev–Trinajstić information content (AvgIpc) is 2.90. The van der Waals surface area contributed by atoms with Gasteiger partial charge in [-0.15, -0.1) is 11.3 Å². The van der Waals surface area contributed by atoms with Gasteiger partial charge in [-0.2, -0.15) is 5.10 Å². The summed E-state index contributed by atoms with van der Waals surface area (Å²) in [5.74, 6) is 1.48. The fourth-order valence-corrected chi connectivity index (χ4v) is 3.64. The summed E-state index contributed by atoms with van der Waals surface area (Å²) in [5.41, 5.74) is 2.81. The lowest BCUT2D eigenvalue weighted by atomic mass is 9.96. The molecule has 0 aromatic carbocycles. The zero-order chi connectivity index (χ0) is 12.5. The minimum absolute atomic E-state index is 0.456. The van der Waals surface area contributed by atoms with E-state index in [0.29, 0.717) is 5.92 Å². The van der Waals surface area contributed by atoms with E-state index in [1.54, 1.807) is 4.88 Å². The van der Waals surface area contributed by atoms with Crippen LogP contribution in [0.4, 0.5) is 0 Å². The van der Waals surface area contributed by atoms with Gasteiger partial charge in [0.2, 0.25) is 0 Å². The molecular weight excluding hydrogens is 240 g/mol. The lowest BCUT2D eigenvalue weighted by Gasteiger charge is -2.13. The van der Waals surface area contributed by atoms with Crippen LogP contribution in [0.1, 0.15) is 48.2 Å². The first-order valence-corrected chi connectivity index (χ1v) is 7.68. The van der Waals surface area contributed by atoms with E-state index in [9.17, 15) is 0 Å². The van der Waals surface area contributed by atoms with E-state index in [1.165, 1.54) is 36.9 Å². The molecule has 3 heteroatoms. The highest BCUT2D eigenvalue weighted by Crippen LogP contribution is 2.36. The Morgan fingerprint density at radius 2 is 2.28 bits per heavy atom. The summed E-state index contributed by atoms with van der Waals surface area (Å²) in [6.07, 6.45) is 7.45. The van der Waals surface area contributed by atoms with Crippen molar-refractivity contribution in [2.75, 3.05) is 0 Å². The first kappa shape index (κ1) is 12.0. The van der Waals surface area contributed by atoms with Crippen LogP contribution in [0.5, 0.6) is 0 Å². The Bertz CT molecular complexity index is 522. The molecule has 1 unspecified atom stereocenters. The quantitative estimate of drug-likeness (QED) is 0.795. The van der Waals surface area contributed by atoms with E-state index in [0.717, 1.165) is 5.92 Å². The van der Waals surface area contributed by atoms with Crippen LogP contribution in [0.25, 0.3) is 0 Å². The monoisotopic (exact) mass is 260 g/mol. The van der Waals surface area contributed by atoms with Gasteiger partial charge in [-0.3, -0.25) is 4.68 Å². The first-order valence-electron chi connectivity index (χ1n) is 6.80. The van der Waals surface area contributed by atoms with Gasteiger partial charge in [0, 0.05) is 29.7 Å². The van der Waals surface area contributed by atoms with Gasteiger partial charge in [-0.05, 0) is 41.8 Å². The maximum atomic E-state index is 4.28. The molecule has 18 heavy (non-hydrogen) atoms. The van der Waals surface area contributed by atoms with Crippen LogP contribution in [0.3, 0.4) is 0 Å². The van der Waals surface area contributed by atoms with Gasteiger partial charge >= 0.3 is 0 Å². The molecule has 0 aliphatic heterocycles. The molecule has 96 valence electrons. The van der Waals surface area contributed by atoms with Gasteiger partial charge < -0.3 is 0 Å². The van der Waals surface area contributed by atoms with Crippen LogP contribution in [0, 0.1) is 5.92 Å². The maximum Gasteiger partial charge on any atom is 0.0492 e. The lowest BCUT2D eigenvalue weighted by molar-refractivity contribution is 0.678. The van der Waals surface area contributed by atoms with Crippen molar-refractivity contribution in [2.24, 2.45) is 13.0 Å². The van der Waals surface area contributed by atoms with Crippen molar-refractivity contribution in [3.05, 3.63) is 39.8 Å². The second-order valence-electron chi connectivity index (χ2n) is 5.38. The highest BCUT2D eigenvalue weighted by molar-refractivity contribution is 7.10. The van der Waals surface area contributed by atoms with E-state index in [2.05, 4.69) is 29.5 Å². The lowest BCUT2D eigenvalue weighted by Crippen LogP contribution is -2.05. The molecule has 0 radical (unpaired) electrons. The molecule has 1 fully saturated rings. The first-order chi connectivity index (χ1) is 8.75. The molecule has 1 atom stereocenters. The van der Waals surface area contributed by atoms with Crippen molar-refractivity contribution in [3.8, 4) is 0 Å². The summed E-state index contributed by atoms with van der Waals surface area (Å²) in [4.78, 5) is 1.58. The summed E-state index contributed by atoms with van der Waals surface area (Å²) in [6, 6.07) is 4.43. The SMILES string of the molecule is CC(c1ccsc1CCC1CC1)c1ccnn1C. The Labute approximate surface area is 113 Å². The molecule has 0 bridgehead atoms. The summed E-state index contributed by atoms with van der Waals surface area (Å²) in [6.45, 7) is 2.29. The van der Waals surface area contributed by atoms with Gasteiger partial charge in [0.25, 0.3) is 0 Å². The third kappa shape index (κ3) is 2.37. The number of nitrogens with zero attached hydrogens (tertiary/aromatic N) is 2. The number of rotatable bonds is 5. The minimum atomic E-state index is 0.456. The maximum absolute atomic E-state index is 4.28. The van der Waals surface area contributed by atoms with Crippen molar-refractivity contribution >= 4 is 11.3 Å². The van der Waals surface area contributed by atoms with Crippen molar-refractivity contribution in [1.29, 1.82) is 0 Å². The van der Waals surface area contributed by atoms with Crippen LogP contribution < -0.4 is 0 Å². The van der Waals surface area contributed by atoms with E-state index in [1.807, 2.05) is 29.3 Å². The van der Waals surface area contributed by atoms with Gasteiger partial charge in [0.05, 0.1) is 0 Å². The molecule has 1 aliphatic carbocycles. The molecule has 2 aromatic rings. The second-order valence-corrected chi connectivity index (χ2v) is 6.38. The number of aryl methyl sites for hydroxylation is 2. The summed E-state index contributed by atoms with van der Waals surface area (Å²) in [7, 11) is 2.03. The Balaban J connectivity index is 1.78. The number of aromatic nitrogens is 2. The Hall–Kier alpha value is -1.09. The third-order valence-corrected chi connectivity index (χ3v) is 5.02. The third-order valence-electron chi connectivity index (χ3n) is 4.03. The molecule has 0 spiro atoms. The molecule has 1 saturated carbocycles. The van der Waals surface area contributed by atoms with Crippen LogP contribution in [-0.4, -0.2) is 9.78 Å². The molecule has 2 nitrogen and oxygen atoms in total. The fourth-order valence-electron chi connectivity index (χ4n) is 2.65. The highest BCUT2D eigenvalue weighted by Gasteiger charge is 2.22. The van der Waals surface area contributed by atoms with Crippen molar-refractivity contribution in [3.63, 3.8) is 0 Å². The topological polar surface area (TPSA) is 17.8 Å². The van der Waals surface area contributed by atoms with Gasteiger partial charge in [0.15, 0.2) is 0 Å². The van der Waals surface area contributed by atoms with E-state index in [4.69, 9.17) is 0 Å². The molecule has 3 rings (SSSR count). The van der Waals surface area contributed by atoms with Crippen LogP contribution in [0.2, 0.25) is 0 Å². The smallest absolute Gasteiger partial charge is 0.0492 e. The van der Waals surface area contributed by atoms with Gasteiger partial charge in [-0.25, -0.2) is 0 Å². The summed E-state index contributed by atoms with van der Waals surface area (Å²) in [5, 5.41) is 6.52. The highest BCUT2D eigenvalue weighted by atomic mass is 32.1. The standard InChI is InChI=1S/C15H20N2S/c1-11(14-7-9-16-17(14)2)13-8-10-18-15(13)6-5-12-3-4-12/h7-12H,3-6H2,1-2H3. The molecular formula is C15H20N2S.